The summed E-state index contributed by atoms with van der Waals surface area (Å²) in [6, 6.07) is 13.8. The van der Waals surface area contributed by atoms with Crippen LogP contribution in [0.4, 0.5) is 4.79 Å². The second kappa shape index (κ2) is 10.3. The van der Waals surface area contributed by atoms with Gasteiger partial charge in [-0.1, -0.05) is 35.4 Å². The zero-order valence-corrected chi connectivity index (χ0v) is 20.3. The minimum atomic E-state index is -3.87. The third kappa shape index (κ3) is 6.19. The summed E-state index contributed by atoms with van der Waals surface area (Å²) in [5, 5.41) is 0.674. The molecule has 0 unspecified atom stereocenters. The summed E-state index contributed by atoms with van der Waals surface area (Å²) in [6.07, 6.45) is 3.73. The quantitative estimate of drug-likeness (QED) is 0.682. The number of benzene rings is 2. The van der Waals surface area contributed by atoms with Crippen LogP contribution in [0.15, 0.2) is 53.4 Å². The maximum Gasteiger partial charge on any atom is 0.331 e. The van der Waals surface area contributed by atoms with E-state index >= 15 is 0 Å². The van der Waals surface area contributed by atoms with Crippen LogP contribution in [-0.4, -0.2) is 62.6 Å². The molecule has 2 saturated heterocycles. The van der Waals surface area contributed by atoms with Crippen LogP contribution >= 0.6 is 11.6 Å². The number of likely N-dealkylation sites (tertiary alicyclic amines) is 2. The molecule has 2 fully saturated rings. The van der Waals surface area contributed by atoms with Crippen LogP contribution in [-0.2, 0) is 10.0 Å². The Kier molecular flexibility index (Phi) is 7.46. The summed E-state index contributed by atoms with van der Waals surface area (Å²) in [5.74, 6) is 0.806. The monoisotopic (exact) mass is 491 g/mol. The van der Waals surface area contributed by atoms with Crippen molar-refractivity contribution in [3.63, 3.8) is 0 Å². The predicted molar refractivity (Wildman–Crippen MR) is 128 cm³/mol. The van der Waals surface area contributed by atoms with Crippen LogP contribution in [0.25, 0.3) is 0 Å². The van der Waals surface area contributed by atoms with Crippen molar-refractivity contribution >= 4 is 27.7 Å². The van der Waals surface area contributed by atoms with Gasteiger partial charge in [-0.25, -0.2) is 17.9 Å². The molecule has 2 aliphatic rings. The maximum absolute atomic E-state index is 12.6. The highest BCUT2D eigenvalue weighted by atomic mass is 35.5. The molecule has 33 heavy (non-hydrogen) atoms. The number of urea groups is 1. The Morgan fingerprint density at radius 2 is 1.67 bits per heavy atom. The molecule has 7 nitrogen and oxygen atoms in total. The number of carbonyl (C=O) groups is 1. The first-order chi connectivity index (χ1) is 15.8. The van der Waals surface area contributed by atoms with E-state index in [-0.39, 0.29) is 11.0 Å². The van der Waals surface area contributed by atoms with Crippen LogP contribution < -0.4 is 9.46 Å². The lowest BCUT2D eigenvalue weighted by Crippen LogP contribution is -2.52. The molecule has 0 radical (unpaired) electrons. The summed E-state index contributed by atoms with van der Waals surface area (Å²) >= 11 is 6.04. The van der Waals surface area contributed by atoms with E-state index in [1.54, 1.807) is 17.0 Å². The third-order valence-electron chi connectivity index (χ3n) is 6.40. The van der Waals surface area contributed by atoms with Gasteiger partial charge in [0.05, 0.1) is 4.90 Å². The fraction of sp³-hybridized carbons (Fsp3) is 0.458. The maximum atomic E-state index is 12.6. The molecule has 2 aliphatic heterocycles. The molecule has 9 heteroatoms. The summed E-state index contributed by atoms with van der Waals surface area (Å²) in [7, 11) is -3.87. The number of hydrogen-bond acceptors (Lipinski definition) is 5. The fourth-order valence-electron chi connectivity index (χ4n) is 4.48. The van der Waals surface area contributed by atoms with Gasteiger partial charge in [0, 0.05) is 37.2 Å². The number of aryl methyl sites for hydroxylation is 1. The van der Waals surface area contributed by atoms with Gasteiger partial charge in [0.1, 0.15) is 11.9 Å². The molecule has 0 bridgehead atoms. The zero-order chi connectivity index (χ0) is 23.4. The van der Waals surface area contributed by atoms with Gasteiger partial charge in [-0.15, -0.1) is 0 Å². The molecule has 2 amide bonds. The number of piperidine rings is 2. The van der Waals surface area contributed by atoms with Crippen molar-refractivity contribution in [3.05, 3.63) is 59.1 Å². The Balaban J connectivity index is 1.23. The first kappa shape index (κ1) is 23.9. The number of carbonyl (C=O) groups excluding carboxylic acids is 1. The normalized spacial score (nSPS) is 18.8. The lowest BCUT2D eigenvalue weighted by molar-refractivity contribution is 0.0540. The van der Waals surface area contributed by atoms with E-state index in [1.165, 1.54) is 12.1 Å². The van der Waals surface area contributed by atoms with Crippen LogP contribution in [0.1, 0.15) is 31.2 Å². The van der Waals surface area contributed by atoms with Crippen LogP contribution in [0.2, 0.25) is 5.02 Å². The number of hydrogen-bond donors (Lipinski definition) is 1. The van der Waals surface area contributed by atoms with Gasteiger partial charge >= 0.3 is 6.03 Å². The number of amides is 2. The Labute approximate surface area is 200 Å². The van der Waals surface area contributed by atoms with Crippen molar-refractivity contribution < 1.29 is 17.9 Å². The zero-order valence-electron chi connectivity index (χ0n) is 18.7. The summed E-state index contributed by atoms with van der Waals surface area (Å²) in [4.78, 5) is 16.7. The molecule has 2 aromatic carbocycles. The first-order valence-corrected chi connectivity index (χ1v) is 13.2. The average molecular weight is 492 g/mol. The number of nitrogens with zero attached hydrogens (tertiary/aromatic N) is 2. The molecular weight excluding hydrogens is 462 g/mol. The van der Waals surface area contributed by atoms with Crippen molar-refractivity contribution in [2.45, 2.75) is 49.6 Å². The molecule has 0 atom stereocenters. The highest BCUT2D eigenvalue weighted by Gasteiger charge is 2.31. The lowest BCUT2D eigenvalue weighted by Gasteiger charge is -2.41. The van der Waals surface area contributed by atoms with E-state index in [0.29, 0.717) is 24.2 Å². The molecule has 2 aromatic rings. The SMILES string of the molecule is Cc1ccc(S(=O)(=O)NC(=O)N2CCC(N3CCC(Oc4cccc(Cl)c4)CC3)CC2)cc1. The molecule has 178 valence electrons. The Bertz CT molecular complexity index is 1060. The fourth-order valence-corrected chi connectivity index (χ4v) is 5.63. The molecule has 0 aromatic heterocycles. The van der Waals surface area contributed by atoms with Crippen molar-refractivity contribution in [2.75, 3.05) is 26.2 Å². The Morgan fingerprint density at radius 3 is 2.30 bits per heavy atom. The number of nitrogens with one attached hydrogen (secondary N) is 1. The lowest BCUT2D eigenvalue weighted by atomic mass is 9.99. The summed E-state index contributed by atoms with van der Waals surface area (Å²) in [5.41, 5.74) is 0.961. The number of sulfonamides is 1. The Hall–Kier alpha value is -2.29. The second-order valence-corrected chi connectivity index (χ2v) is 10.9. The third-order valence-corrected chi connectivity index (χ3v) is 7.97. The van der Waals surface area contributed by atoms with E-state index in [9.17, 15) is 13.2 Å². The van der Waals surface area contributed by atoms with Gasteiger partial charge in [-0.2, -0.15) is 0 Å². The van der Waals surface area contributed by atoms with Gasteiger partial charge in [-0.05, 0) is 62.9 Å². The van der Waals surface area contributed by atoms with Gasteiger partial charge in [0.2, 0.25) is 0 Å². The molecule has 4 rings (SSSR count). The smallest absolute Gasteiger partial charge is 0.331 e. The molecule has 2 heterocycles. The standard InChI is InChI=1S/C24H30ClN3O4S/c1-18-5-7-23(8-6-18)33(30,31)26-24(29)28-13-9-20(10-14-28)27-15-11-21(12-16-27)32-22-4-2-3-19(25)17-22/h2-8,17,20-21H,9-16H2,1H3,(H,26,29). The summed E-state index contributed by atoms with van der Waals surface area (Å²) in [6.45, 7) is 4.86. The number of ether oxygens (including phenoxy) is 1. The minimum absolute atomic E-state index is 0.0965. The second-order valence-electron chi connectivity index (χ2n) is 8.75. The predicted octanol–water partition coefficient (Wildman–Crippen LogP) is 4.05. The average Bonchev–Trinajstić information content (AvgIpc) is 2.80. The number of halogens is 1. The van der Waals surface area contributed by atoms with Gasteiger partial charge in [0.25, 0.3) is 10.0 Å². The topological polar surface area (TPSA) is 79.0 Å². The highest BCUT2D eigenvalue weighted by molar-refractivity contribution is 7.90. The van der Waals surface area contributed by atoms with E-state index in [1.807, 2.05) is 31.2 Å². The van der Waals surface area contributed by atoms with E-state index in [2.05, 4.69) is 9.62 Å². The first-order valence-electron chi connectivity index (χ1n) is 11.3. The van der Waals surface area contributed by atoms with Crippen molar-refractivity contribution in [2.24, 2.45) is 0 Å². The molecule has 0 aliphatic carbocycles. The van der Waals surface area contributed by atoms with Crippen molar-refractivity contribution in [1.82, 2.24) is 14.5 Å². The number of rotatable bonds is 5. The van der Waals surface area contributed by atoms with Crippen molar-refractivity contribution in [1.29, 1.82) is 0 Å². The molecule has 0 saturated carbocycles. The van der Waals surface area contributed by atoms with Gasteiger partial charge < -0.3 is 9.64 Å². The molecule has 0 spiro atoms. The molecule has 1 N–H and O–H groups in total. The minimum Gasteiger partial charge on any atom is -0.490 e. The van der Waals surface area contributed by atoms with Gasteiger partial charge in [0.15, 0.2) is 0 Å². The summed E-state index contributed by atoms with van der Waals surface area (Å²) < 4.78 is 33.3. The van der Waals surface area contributed by atoms with Crippen LogP contribution in [0.3, 0.4) is 0 Å². The Morgan fingerprint density at radius 1 is 1.00 bits per heavy atom. The van der Waals surface area contributed by atoms with E-state index in [0.717, 1.165) is 50.1 Å². The van der Waals surface area contributed by atoms with Crippen molar-refractivity contribution in [3.8, 4) is 5.75 Å². The van der Waals surface area contributed by atoms with Crippen LogP contribution in [0.5, 0.6) is 5.75 Å². The van der Waals surface area contributed by atoms with Gasteiger partial charge in [-0.3, -0.25) is 4.90 Å². The highest BCUT2D eigenvalue weighted by Crippen LogP contribution is 2.25. The largest absolute Gasteiger partial charge is 0.490 e. The van der Waals surface area contributed by atoms with E-state index < -0.39 is 16.1 Å². The molecular formula is C24H30ClN3O4S. The van der Waals surface area contributed by atoms with E-state index in [4.69, 9.17) is 16.3 Å². The van der Waals surface area contributed by atoms with Crippen LogP contribution in [0, 0.1) is 6.92 Å².